The minimum absolute atomic E-state index is 0.105. The zero-order valence-electron chi connectivity index (χ0n) is 19.3. The zero-order chi connectivity index (χ0) is 23.2. The molecule has 3 aliphatic rings. The highest BCUT2D eigenvalue weighted by atomic mass is 16.7. The molecule has 9 nitrogen and oxygen atoms in total. The summed E-state index contributed by atoms with van der Waals surface area (Å²) < 4.78 is 19.1. The van der Waals surface area contributed by atoms with Crippen LogP contribution in [0.25, 0.3) is 16.9 Å². The van der Waals surface area contributed by atoms with Crippen LogP contribution in [-0.4, -0.2) is 68.7 Å². The smallest absolute Gasteiger partial charge is 0.376 e. The molecular weight excluding hydrogens is 433 g/mol. The van der Waals surface area contributed by atoms with Crippen LogP contribution < -0.4 is 9.47 Å². The number of hydrogen-bond donors (Lipinski definition) is 1. The van der Waals surface area contributed by atoms with Crippen molar-refractivity contribution in [1.29, 1.82) is 0 Å². The van der Waals surface area contributed by atoms with Gasteiger partial charge < -0.3 is 28.6 Å². The number of piperidine rings is 2. The summed E-state index contributed by atoms with van der Waals surface area (Å²) in [4.78, 5) is 6.40. The Bertz CT molecular complexity index is 1120. The van der Waals surface area contributed by atoms with Crippen molar-refractivity contribution in [1.82, 2.24) is 24.6 Å². The number of aromatic nitrogens is 4. The molecule has 176 valence electrons. The number of fused-ring (bicyclic) bond motifs is 5. The molecule has 2 aliphatic heterocycles. The zero-order valence-corrected chi connectivity index (χ0v) is 19.3. The van der Waals surface area contributed by atoms with E-state index in [1.165, 1.54) is 6.42 Å². The van der Waals surface area contributed by atoms with Crippen molar-refractivity contribution in [2.45, 2.75) is 44.3 Å². The highest BCUT2D eigenvalue weighted by molar-refractivity contribution is 6.45. The van der Waals surface area contributed by atoms with Crippen LogP contribution in [0.2, 0.25) is 6.82 Å². The Morgan fingerprint density at radius 1 is 1.09 bits per heavy atom. The molecule has 10 heteroatoms. The predicted molar refractivity (Wildman–Crippen MR) is 126 cm³/mol. The first kappa shape index (κ1) is 21.6. The maximum absolute atomic E-state index is 10.2. The minimum Gasteiger partial charge on any atom is -0.473 e. The molecule has 2 aromatic heterocycles. The van der Waals surface area contributed by atoms with Gasteiger partial charge in [0.15, 0.2) is 6.79 Å². The number of benzene rings is 1. The molecule has 0 amide bonds. The molecule has 0 spiro atoms. The van der Waals surface area contributed by atoms with Crippen LogP contribution in [0.15, 0.2) is 49.1 Å². The third-order valence-corrected chi connectivity index (χ3v) is 7.39. The van der Waals surface area contributed by atoms with E-state index in [1.807, 2.05) is 47.9 Å². The Morgan fingerprint density at radius 2 is 1.91 bits per heavy atom. The molecule has 6 rings (SSSR count). The lowest BCUT2D eigenvalue weighted by atomic mass is 9.77. The molecule has 34 heavy (non-hydrogen) atoms. The molecule has 2 bridgehead atoms. The quantitative estimate of drug-likeness (QED) is 0.404. The second-order valence-electron chi connectivity index (χ2n) is 9.45. The first-order valence-corrected chi connectivity index (χ1v) is 11.8. The molecule has 2 saturated heterocycles. The van der Waals surface area contributed by atoms with Gasteiger partial charge in [-0.2, -0.15) is 0 Å². The van der Waals surface area contributed by atoms with E-state index in [9.17, 15) is 5.02 Å². The largest absolute Gasteiger partial charge is 0.473 e. The maximum atomic E-state index is 10.2. The summed E-state index contributed by atoms with van der Waals surface area (Å²) in [6.45, 7) is 2.01. The second kappa shape index (κ2) is 8.68. The van der Waals surface area contributed by atoms with E-state index in [0.29, 0.717) is 29.4 Å². The van der Waals surface area contributed by atoms with Crippen molar-refractivity contribution in [3.05, 3.63) is 49.1 Å². The normalized spacial score (nSPS) is 27.3. The highest BCUT2D eigenvalue weighted by Gasteiger charge is 2.62. The molecule has 4 heterocycles. The van der Waals surface area contributed by atoms with Gasteiger partial charge in [0, 0.05) is 49.3 Å². The van der Waals surface area contributed by atoms with Gasteiger partial charge in [-0.05, 0) is 56.1 Å². The number of nitrogens with zero attached hydrogens (tertiary/aromatic N) is 5. The Balaban J connectivity index is 1.18. The first-order chi connectivity index (χ1) is 16.6. The van der Waals surface area contributed by atoms with Crippen molar-refractivity contribution in [3.8, 4) is 28.6 Å². The molecular formula is C24H28BN5O4. The van der Waals surface area contributed by atoms with Gasteiger partial charge in [0.05, 0.1) is 17.7 Å². The van der Waals surface area contributed by atoms with E-state index in [0.717, 1.165) is 35.9 Å². The highest BCUT2D eigenvalue weighted by Crippen LogP contribution is 2.58. The van der Waals surface area contributed by atoms with Crippen LogP contribution in [0.4, 0.5) is 0 Å². The lowest BCUT2D eigenvalue weighted by Crippen LogP contribution is -2.54. The molecule has 3 aromatic rings. The van der Waals surface area contributed by atoms with Gasteiger partial charge in [0.25, 0.3) is 0 Å². The number of hydrogen-bond acceptors (Lipinski definition) is 8. The van der Waals surface area contributed by atoms with E-state index in [2.05, 4.69) is 20.0 Å². The average Bonchev–Trinajstić information content (AvgIpc) is 3.39. The topological polar surface area (TPSA) is 94.8 Å². The molecule has 3 fully saturated rings. The van der Waals surface area contributed by atoms with Crippen molar-refractivity contribution in [2.75, 3.05) is 13.9 Å². The van der Waals surface area contributed by atoms with E-state index in [1.54, 1.807) is 19.6 Å². The Morgan fingerprint density at radius 3 is 2.56 bits per heavy atom. The monoisotopic (exact) mass is 461 g/mol. The minimum atomic E-state index is -0.391. The third kappa shape index (κ3) is 3.85. The molecule has 1 N–H and O–H groups in total. The number of rotatable bonds is 8. The third-order valence-electron chi connectivity index (χ3n) is 7.39. The Hall–Kier alpha value is -2.95. The van der Waals surface area contributed by atoms with Crippen molar-refractivity contribution in [2.24, 2.45) is 11.8 Å². The van der Waals surface area contributed by atoms with Crippen LogP contribution in [0.1, 0.15) is 19.3 Å². The lowest BCUT2D eigenvalue weighted by molar-refractivity contribution is 0.0515. The molecule has 1 aliphatic carbocycles. The first-order valence-electron chi connectivity index (χ1n) is 11.8. The van der Waals surface area contributed by atoms with Crippen molar-refractivity contribution < 1.29 is 19.2 Å². The molecule has 3 unspecified atom stereocenters. The number of ether oxygens (including phenoxy) is 3. The van der Waals surface area contributed by atoms with Crippen molar-refractivity contribution >= 4 is 7.05 Å². The summed E-state index contributed by atoms with van der Waals surface area (Å²) in [6, 6.07) is 10.5. The predicted octanol–water partition coefficient (Wildman–Crippen LogP) is 2.65. The van der Waals surface area contributed by atoms with Gasteiger partial charge in [0.2, 0.25) is 5.88 Å². The van der Waals surface area contributed by atoms with Gasteiger partial charge in [-0.15, -0.1) is 10.2 Å². The van der Waals surface area contributed by atoms with Gasteiger partial charge >= 0.3 is 7.05 Å². The summed E-state index contributed by atoms with van der Waals surface area (Å²) in [5.74, 6) is 2.62. The Labute approximate surface area is 198 Å². The van der Waals surface area contributed by atoms with E-state index in [-0.39, 0.29) is 12.9 Å². The van der Waals surface area contributed by atoms with Crippen LogP contribution in [0, 0.1) is 11.8 Å². The second-order valence-corrected chi connectivity index (χ2v) is 9.45. The van der Waals surface area contributed by atoms with Crippen molar-refractivity contribution in [3.63, 3.8) is 0 Å². The van der Waals surface area contributed by atoms with Crippen LogP contribution in [0.3, 0.4) is 0 Å². The molecule has 0 radical (unpaired) electrons. The van der Waals surface area contributed by atoms with E-state index in [4.69, 9.17) is 14.2 Å². The number of methoxy groups -OCH3 is 1. The van der Waals surface area contributed by atoms with E-state index < -0.39 is 7.05 Å². The summed E-state index contributed by atoms with van der Waals surface area (Å²) in [6.07, 6.45) is 8.61. The van der Waals surface area contributed by atoms with Gasteiger partial charge in [-0.3, -0.25) is 0 Å². The number of imidazole rings is 1. The van der Waals surface area contributed by atoms with E-state index >= 15 is 0 Å². The molecule has 1 saturated carbocycles. The standard InChI is InChI=1S/C24H28BN5O4/c1-25(31)30-21-10-16(11-22(30)19-12-18(19)21)34-24-6-5-20(27-28-24)17-4-3-15(29-8-7-26-13-29)9-23(17)33-14-32-2/h3-9,13,16,18-19,21-22,31H,10-12,14H2,1-2H3/t16?,18-,19+,21?,22?. The molecule has 5 atom stereocenters. The summed E-state index contributed by atoms with van der Waals surface area (Å²) >= 11 is 0. The molecule has 1 aromatic carbocycles. The summed E-state index contributed by atoms with van der Waals surface area (Å²) in [5.41, 5.74) is 2.45. The van der Waals surface area contributed by atoms with Crippen LogP contribution in [-0.2, 0) is 4.74 Å². The Kier molecular flexibility index (Phi) is 5.51. The average molecular weight is 461 g/mol. The fourth-order valence-electron chi connectivity index (χ4n) is 5.92. The van der Waals surface area contributed by atoms with Gasteiger partial charge in [0.1, 0.15) is 11.9 Å². The van der Waals surface area contributed by atoms with Crippen LogP contribution >= 0.6 is 0 Å². The lowest BCUT2D eigenvalue weighted by Gasteiger charge is -2.42. The van der Waals surface area contributed by atoms with Crippen LogP contribution in [0.5, 0.6) is 11.6 Å². The summed E-state index contributed by atoms with van der Waals surface area (Å²) in [5, 5.41) is 19.0. The SMILES string of the molecule is COCOc1cc(-n2ccnc2)ccc1-c1ccc(OC2CC3[C@H]4C[C@H]4C(C2)N3B(C)O)nn1. The fraction of sp³-hybridized carbons (Fsp3) is 0.458. The maximum Gasteiger partial charge on any atom is 0.376 e. The van der Waals surface area contributed by atoms with Gasteiger partial charge in [-0.1, -0.05) is 0 Å². The summed E-state index contributed by atoms with van der Waals surface area (Å²) in [7, 11) is 1.20. The van der Waals surface area contributed by atoms with Gasteiger partial charge in [-0.25, -0.2) is 4.98 Å². The fourth-order valence-corrected chi connectivity index (χ4v) is 5.92.